The highest BCUT2D eigenvalue weighted by atomic mass is 16.4. The summed E-state index contributed by atoms with van der Waals surface area (Å²) in [5.41, 5.74) is 1.76. The first-order chi connectivity index (χ1) is 8.25. The number of carboxylic acids is 1. The van der Waals surface area contributed by atoms with E-state index in [-0.39, 0.29) is 5.56 Å². The standard InChI is InChI=1S/C12H13N3O2/c16-12(17)9-2-1-5-15-7-10(14-11(9)15)8-3-4-13-6-8/h1-2,5,7-8,13H,3-4,6H2,(H,16,17). The Hall–Kier alpha value is -1.88. The molecule has 0 aliphatic carbocycles. The van der Waals surface area contributed by atoms with Crippen molar-refractivity contribution in [2.75, 3.05) is 13.1 Å². The van der Waals surface area contributed by atoms with Crippen molar-refractivity contribution in [1.82, 2.24) is 14.7 Å². The zero-order chi connectivity index (χ0) is 11.8. The van der Waals surface area contributed by atoms with Gasteiger partial charge in [0.1, 0.15) is 5.56 Å². The maximum Gasteiger partial charge on any atom is 0.339 e. The number of aromatic carboxylic acids is 1. The van der Waals surface area contributed by atoms with Gasteiger partial charge < -0.3 is 14.8 Å². The number of carboxylic acid groups (broad SMARTS) is 1. The summed E-state index contributed by atoms with van der Waals surface area (Å²) in [7, 11) is 0. The average molecular weight is 231 g/mol. The predicted octanol–water partition coefficient (Wildman–Crippen LogP) is 1.11. The molecule has 0 spiro atoms. The van der Waals surface area contributed by atoms with E-state index in [1.807, 2.05) is 12.4 Å². The lowest BCUT2D eigenvalue weighted by Gasteiger charge is -2.01. The summed E-state index contributed by atoms with van der Waals surface area (Å²) in [6.07, 6.45) is 4.83. The minimum Gasteiger partial charge on any atom is -0.478 e. The summed E-state index contributed by atoms with van der Waals surface area (Å²) >= 11 is 0. The number of pyridine rings is 1. The molecule has 5 heteroatoms. The number of aromatic nitrogens is 2. The summed E-state index contributed by atoms with van der Waals surface area (Å²) in [4.78, 5) is 15.5. The van der Waals surface area contributed by atoms with E-state index >= 15 is 0 Å². The maximum absolute atomic E-state index is 11.1. The van der Waals surface area contributed by atoms with Crippen LogP contribution in [-0.2, 0) is 0 Å². The fourth-order valence-electron chi connectivity index (χ4n) is 2.30. The highest BCUT2D eigenvalue weighted by Gasteiger charge is 2.20. The van der Waals surface area contributed by atoms with Crippen molar-refractivity contribution in [2.45, 2.75) is 12.3 Å². The van der Waals surface area contributed by atoms with E-state index in [4.69, 9.17) is 5.11 Å². The van der Waals surface area contributed by atoms with Crippen LogP contribution in [0.5, 0.6) is 0 Å². The Bertz CT molecular complexity index is 570. The lowest BCUT2D eigenvalue weighted by atomic mass is 10.1. The fraction of sp³-hybridized carbons (Fsp3) is 0.333. The number of rotatable bonds is 2. The molecule has 0 saturated carbocycles. The predicted molar refractivity (Wildman–Crippen MR) is 62.4 cm³/mol. The molecule has 1 saturated heterocycles. The van der Waals surface area contributed by atoms with Crippen molar-refractivity contribution in [1.29, 1.82) is 0 Å². The first-order valence-electron chi connectivity index (χ1n) is 5.67. The van der Waals surface area contributed by atoms with Crippen molar-refractivity contribution >= 4 is 11.6 Å². The Morgan fingerprint density at radius 2 is 2.47 bits per heavy atom. The van der Waals surface area contributed by atoms with Crippen LogP contribution < -0.4 is 5.32 Å². The van der Waals surface area contributed by atoms with Gasteiger partial charge in [-0.15, -0.1) is 0 Å². The number of carbonyl (C=O) groups is 1. The molecule has 0 amide bonds. The fourth-order valence-corrected chi connectivity index (χ4v) is 2.30. The van der Waals surface area contributed by atoms with Crippen molar-refractivity contribution in [3.8, 4) is 0 Å². The molecular weight excluding hydrogens is 218 g/mol. The van der Waals surface area contributed by atoms with Gasteiger partial charge in [0.15, 0.2) is 5.65 Å². The Morgan fingerprint density at radius 3 is 3.18 bits per heavy atom. The zero-order valence-electron chi connectivity index (χ0n) is 9.26. The Kier molecular flexibility index (Phi) is 2.33. The maximum atomic E-state index is 11.1. The molecule has 1 aliphatic heterocycles. The van der Waals surface area contributed by atoms with E-state index < -0.39 is 5.97 Å². The van der Waals surface area contributed by atoms with Crippen LogP contribution >= 0.6 is 0 Å². The molecular formula is C12H13N3O2. The largest absolute Gasteiger partial charge is 0.478 e. The summed E-state index contributed by atoms with van der Waals surface area (Å²) < 4.78 is 1.79. The highest BCUT2D eigenvalue weighted by Crippen LogP contribution is 2.22. The summed E-state index contributed by atoms with van der Waals surface area (Å²) in [6, 6.07) is 3.32. The second-order valence-electron chi connectivity index (χ2n) is 4.31. The van der Waals surface area contributed by atoms with Gasteiger partial charge in [-0.3, -0.25) is 0 Å². The Morgan fingerprint density at radius 1 is 1.59 bits per heavy atom. The number of nitrogens with one attached hydrogen (secondary N) is 1. The van der Waals surface area contributed by atoms with Crippen molar-refractivity contribution in [3.63, 3.8) is 0 Å². The van der Waals surface area contributed by atoms with Gasteiger partial charge in [0.2, 0.25) is 0 Å². The molecule has 1 fully saturated rings. The quantitative estimate of drug-likeness (QED) is 0.812. The number of imidazole rings is 1. The average Bonchev–Trinajstić information content (AvgIpc) is 2.96. The topological polar surface area (TPSA) is 66.6 Å². The molecule has 0 aromatic carbocycles. The summed E-state index contributed by atoms with van der Waals surface area (Å²) in [6.45, 7) is 1.93. The van der Waals surface area contributed by atoms with Gasteiger partial charge in [-0.25, -0.2) is 9.78 Å². The van der Waals surface area contributed by atoms with E-state index in [1.54, 1.807) is 16.5 Å². The van der Waals surface area contributed by atoms with Crippen LogP contribution in [0.1, 0.15) is 28.4 Å². The zero-order valence-corrected chi connectivity index (χ0v) is 9.26. The molecule has 1 aliphatic rings. The molecule has 3 rings (SSSR count). The normalized spacial score (nSPS) is 19.9. The molecule has 2 aromatic heterocycles. The van der Waals surface area contributed by atoms with Crippen LogP contribution in [0.3, 0.4) is 0 Å². The van der Waals surface area contributed by atoms with Crippen molar-refractivity contribution in [2.24, 2.45) is 0 Å². The van der Waals surface area contributed by atoms with Gasteiger partial charge in [0, 0.05) is 24.9 Å². The molecule has 1 atom stereocenters. The second kappa shape index (κ2) is 3.85. The van der Waals surface area contributed by atoms with Gasteiger partial charge in [-0.05, 0) is 25.1 Å². The molecule has 5 nitrogen and oxygen atoms in total. The van der Waals surface area contributed by atoms with Crippen LogP contribution in [0.2, 0.25) is 0 Å². The van der Waals surface area contributed by atoms with Gasteiger partial charge >= 0.3 is 5.97 Å². The van der Waals surface area contributed by atoms with Gasteiger partial charge in [-0.1, -0.05) is 0 Å². The van der Waals surface area contributed by atoms with Gasteiger partial charge in [0.05, 0.1) is 5.69 Å². The Balaban J connectivity index is 2.11. The number of fused-ring (bicyclic) bond motifs is 1. The van der Waals surface area contributed by atoms with Crippen molar-refractivity contribution < 1.29 is 9.90 Å². The first kappa shape index (κ1) is 10.3. The SMILES string of the molecule is O=C(O)c1cccn2cc(C3CCNC3)nc12. The third-order valence-corrected chi connectivity index (χ3v) is 3.21. The molecule has 17 heavy (non-hydrogen) atoms. The molecule has 0 radical (unpaired) electrons. The van der Waals surface area contributed by atoms with E-state index in [0.717, 1.165) is 25.2 Å². The second-order valence-corrected chi connectivity index (χ2v) is 4.31. The van der Waals surface area contributed by atoms with Gasteiger partial charge in [0.25, 0.3) is 0 Å². The van der Waals surface area contributed by atoms with E-state index in [0.29, 0.717) is 11.6 Å². The molecule has 0 bridgehead atoms. The third kappa shape index (κ3) is 1.68. The van der Waals surface area contributed by atoms with Crippen LogP contribution in [-0.4, -0.2) is 33.6 Å². The highest BCUT2D eigenvalue weighted by molar-refractivity contribution is 5.94. The molecule has 2 aromatic rings. The first-order valence-corrected chi connectivity index (χ1v) is 5.67. The minimum absolute atomic E-state index is 0.254. The minimum atomic E-state index is -0.933. The van der Waals surface area contributed by atoms with Crippen LogP contribution in [0.15, 0.2) is 24.5 Å². The summed E-state index contributed by atoms with van der Waals surface area (Å²) in [5, 5.41) is 12.4. The molecule has 88 valence electrons. The number of nitrogens with zero attached hydrogens (tertiary/aromatic N) is 2. The van der Waals surface area contributed by atoms with Crippen molar-refractivity contribution in [3.05, 3.63) is 35.8 Å². The Labute approximate surface area is 98.1 Å². The smallest absolute Gasteiger partial charge is 0.339 e. The van der Waals surface area contributed by atoms with Crippen LogP contribution in [0.4, 0.5) is 0 Å². The molecule has 1 unspecified atom stereocenters. The van der Waals surface area contributed by atoms with Crippen LogP contribution in [0.25, 0.3) is 5.65 Å². The lowest BCUT2D eigenvalue weighted by Crippen LogP contribution is -2.08. The molecule has 2 N–H and O–H groups in total. The van der Waals surface area contributed by atoms with E-state index in [1.165, 1.54) is 0 Å². The number of hydrogen-bond acceptors (Lipinski definition) is 3. The number of hydrogen-bond donors (Lipinski definition) is 2. The summed E-state index contributed by atoms with van der Waals surface area (Å²) in [5.74, 6) is -0.533. The lowest BCUT2D eigenvalue weighted by molar-refractivity contribution is 0.0698. The molecule has 3 heterocycles. The monoisotopic (exact) mass is 231 g/mol. The van der Waals surface area contributed by atoms with E-state index in [2.05, 4.69) is 10.3 Å². The van der Waals surface area contributed by atoms with E-state index in [9.17, 15) is 4.79 Å². The van der Waals surface area contributed by atoms with Gasteiger partial charge in [-0.2, -0.15) is 0 Å². The van der Waals surface area contributed by atoms with Crippen LogP contribution in [0, 0.1) is 0 Å². The third-order valence-electron chi connectivity index (χ3n) is 3.21.